The standard InChI is InChI=1S/C19H17F2NO3/c20-15-6-5-13(11-16(15)21)18(23)22-9-7-19(8-10-22)24-12-14-3-1-2-4-17(14)25-19/h1-6,11H,7-10,12H2. The molecule has 2 aliphatic heterocycles. The van der Waals surface area contributed by atoms with Gasteiger partial charge in [0.2, 0.25) is 5.79 Å². The zero-order valence-electron chi connectivity index (χ0n) is 13.5. The summed E-state index contributed by atoms with van der Waals surface area (Å²) >= 11 is 0. The van der Waals surface area contributed by atoms with Crippen LogP contribution >= 0.6 is 0 Å². The molecule has 2 aliphatic rings. The highest BCUT2D eigenvalue weighted by Gasteiger charge is 2.41. The average molecular weight is 345 g/mol. The van der Waals surface area contributed by atoms with Gasteiger partial charge in [-0.25, -0.2) is 8.78 Å². The monoisotopic (exact) mass is 345 g/mol. The minimum Gasteiger partial charge on any atom is -0.462 e. The van der Waals surface area contributed by atoms with Crippen LogP contribution in [0.15, 0.2) is 42.5 Å². The first kappa shape index (κ1) is 16.0. The number of carbonyl (C=O) groups excluding carboxylic acids is 1. The highest BCUT2D eigenvalue weighted by molar-refractivity contribution is 5.94. The van der Waals surface area contributed by atoms with Crippen LogP contribution in [0.1, 0.15) is 28.8 Å². The summed E-state index contributed by atoms with van der Waals surface area (Å²) in [6, 6.07) is 10.9. The van der Waals surface area contributed by atoms with E-state index in [4.69, 9.17) is 9.47 Å². The summed E-state index contributed by atoms with van der Waals surface area (Å²) in [7, 11) is 0. The van der Waals surface area contributed by atoms with Crippen molar-refractivity contribution in [3.8, 4) is 5.75 Å². The Bertz CT molecular complexity index is 816. The lowest BCUT2D eigenvalue weighted by molar-refractivity contribution is -0.225. The number of fused-ring (bicyclic) bond motifs is 1. The van der Waals surface area contributed by atoms with E-state index in [1.807, 2.05) is 24.3 Å². The predicted molar refractivity (Wildman–Crippen MR) is 86.1 cm³/mol. The Morgan fingerprint density at radius 2 is 1.80 bits per heavy atom. The van der Waals surface area contributed by atoms with Gasteiger partial charge in [-0.15, -0.1) is 0 Å². The zero-order valence-corrected chi connectivity index (χ0v) is 13.5. The number of likely N-dealkylation sites (tertiary alicyclic amines) is 1. The second kappa shape index (κ2) is 6.11. The summed E-state index contributed by atoms with van der Waals surface area (Å²) in [5.74, 6) is -2.20. The molecule has 0 aromatic heterocycles. The van der Waals surface area contributed by atoms with Gasteiger partial charge in [-0.1, -0.05) is 18.2 Å². The first-order chi connectivity index (χ1) is 12.1. The highest BCUT2D eigenvalue weighted by Crippen LogP contribution is 2.37. The number of nitrogens with zero attached hydrogens (tertiary/aromatic N) is 1. The van der Waals surface area contributed by atoms with Crippen LogP contribution in [0.25, 0.3) is 0 Å². The number of hydrogen-bond acceptors (Lipinski definition) is 3. The van der Waals surface area contributed by atoms with E-state index in [0.29, 0.717) is 32.5 Å². The van der Waals surface area contributed by atoms with Gasteiger partial charge in [0.05, 0.1) is 6.61 Å². The van der Waals surface area contributed by atoms with Gasteiger partial charge in [0, 0.05) is 37.1 Å². The van der Waals surface area contributed by atoms with Gasteiger partial charge < -0.3 is 14.4 Å². The molecule has 1 amide bonds. The fraction of sp³-hybridized carbons (Fsp3) is 0.316. The lowest BCUT2D eigenvalue weighted by Crippen LogP contribution is -2.52. The van der Waals surface area contributed by atoms with Gasteiger partial charge in [0.15, 0.2) is 11.6 Å². The number of rotatable bonds is 1. The molecule has 4 nitrogen and oxygen atoms in total. The summed E-state index contributed by atoms with van der Waals surface area (Å²) in [6.45, 7) is 1.34. The zero-order chi connectivity index (χ0) is 17.4. The molecule has 4 rings (SSSR count). The minimum atomic E-state index is -1.02. The van der Waals surface area contributed by atoms with E-state index in [1.54, 1.807) is 4.90 Å². The molecule has 2 heterocycles. The number of piperidine rings is 1. The molecule has 2 aromatic carbocycles. The van der Waals surface area contributed by atoms with E-state index in [2.05, 4.69) is 0 Å². The number of benzene rings is 2. The van der Waals surface area contributed by atoms with Crippen molar-refractivity contribution < 1.29 is 23.0 Å². The number of para-hydroxylation sites is 1. The van der Waals surface area contributed by atoms with Gasteiger partial charge in [-0.05, 0) is 24.3 Å². The van der Waals surface area contributed by atoms with Crippen LogP contribution in [-0.4, -0.2) is 29.7 Å². The molecule has 0 aliphatic carbocycles. The predicted octanol–water partition coefficient (Wildman–Crippen LogP) is 3.51. The van der Waals surface area contributed by atoms with Crippen LogP contribution in [0, 0.1) is 11.6 Å². The van der Waals surface area contributed by atoms with Crippen molar-refractivity contribution in [1.29, 1.82) is 0 Å². The molecule has 0 radical (unpaired) electrons. The van der Waals surface area contributed by atoms with Gasteiger partial charge in [-0.3, -0.25) is 4.79 Å². The van der Waals surface area contributed by atoms with E-state index < -0.39 is 17.4 Å². The van der Waals surface area contributed by atoms with Crippen molar-refractivity contribution in [2.75, 3.05) is 13.1 Å². The number of hydrogen-bond donors (Lipinski definition) is 0. The molecular formula is C19H17F2NO3. The van der Waals surface area contributed by atoms with Crippen LogP contribution in [0.4, 0.5) is 8.78 Å². The number of ether oxygens (including phenoxy) is 2. The first-order valence-electron chi connectivity index (χ1n) is 8.22. The van der Waals surface area contributed by atoms with Gasteiger partial charge in [-0.2, -0.15) is 0 Å². The van der Waals surface area contributed by atoms with Gasteiger partial charge >= 0.3 is 0 Å². The molecule has 0 saturated carbocycles. The second-order valence-electron chi connectivity index (χ2n) is 6.33. The fourth-order valence-electron chi connectivity index (χ4n) is 3.27. The number of carbonyl (C=O) groups is 1. The largest absolute Gasteiger partial charge is 0.462 e. The Labute approximate surface area is 144 Å². The van der Waals surface area contributed by atoms with E-state index >= 15 is 0 Å². The van der Waals surface area contributed by atoms with E-state index in [-0.39, 0.29) is 11.5 Å². The Morgan fingerprint density at radius 3 is 2.56 bits per heavy atom. The highest BCUT2D eigenvalue weighted by atomic mass is 19.2. The lowest BCUT2D eigenvalue weighted by atomic mass is 10.0. The first-order valence-corrected chi connectivity index (χ1v) is 8.22. The molecule has 1 fully saturated rings. The maximum absolute atomic E-state index is 13.3. The molecule has 2 aromatic rings. The summed E-state index contributed by atoms with van der Waals surface area (Å²) in [5, 5.41) is 0. The van der Waals surface area contributed by atoms with Crippen LogP contribution in [-0.2, 0) is 11.3 Å². The second-order valence-corrected chi connectivity index (χ2v) is 6.33. The molecule has 0 atom stereocenters. The SMILES string of the molecule is O=C(c1ccc(F)c(F)c1)N1CCC2(CC1)OCc1ccccc1O2. The number of amides is 1. The third kappa shape index (κ3) is 2.98. The van der Waals surface area contributed by atoms with Gasteiger partial charge in [0.1, 0.15) is 5.75 Å². The Morgan fingerprint density at radius 1 is 1.04 bits per heavy atom. The maximum atomic E-state index is 13.3. The third-order valence-corrected chi connectivity index (χ3v) is 4.74. The maximum Gasteiger partial charge on any atom is 0.253 e. The van der Waals surface area contributed by atoms with E-state index in [9.17, 15) is 13.6 Å². The smallest absolute Gasteiger partial charge is 0.253 e. The molecule has 0 N–H and O–H groups in total. The van der Waals surface area contributed by atoms with E-state index in [1.165, 1.54) is 6.07 Å². The molecule has 1 spiro atoms. The van der Waals surface area contributed by atoms with Crippen molar-refractivity contribution >= 4 is 5.91 Å². The number of halogens is 2. The molecule has 25 heavy (non-hydrogen) atoms. The fourth-order valence-corrected chi connectivity index (χ4v) is 3.27. The van der Waals surface area contributed by atoms with Crippen molar-refractivity contribution in [3.63, 3.8) is 0 Å². The van der Waals surface area contributed by atoms with Crippen molar-refractivity contribution in [3.05, 3.63) is 65.2 Å². The summed E-state index contributed by atoms with van der Waals surface area (Å²) in [4.78, 5) is 14.1. The third-order valence-electron chi connectivity index (χ3n) is 4.74. The van der Waals surface area contributed by atoms with Crippen molar-refractivity contribution in [1.82, 2.24) is 4.90 Å². The normalized spacial score (nSPS) is 18.6. The molecule has 1 saturated heterocycles. The van der Waals surface area contributed by atoms with Gasteiger partial charge in [0.25, 0.3) is 5.91 Å². The van der Waals surface area contributed by atoms with E-state index in [0.717, 1.165) is 23.4 Å². The van der Waals surface area contributed by atoms with Crippen LogP contribution in [0.5, 0.6) is 5.75 Å². The topological polar surface area (TPSA) is 38.8 Å². The summed E-state index contributed by atoms with van der Waals surface area (Å²) < 4.78 is 38.4. The molecule has 6 heteroatoms. The molecule has 0 unspecified atom stereocenters. The summed E-state index contributed by atoms with van der Waals surface area (Å²) in [5.41, 5.74) is 1.15. The Balaban J connectivity index is 1.45. The molecule has 130 valence electrons. The van der Waals surface area contributed by atoms with Crippen LogP contribution in [0.2, 0.25) is 0 Å². The average Bonchev–Trinajstić information content (AvgIpc) is 2.64. The summed E-state index contributed by atoms with van der Waals surface area (Å²) in [6.07, 6.45) is 1.05. The Hall–Kier alpha value is -2.47. The quantitative estimate of drug-likeness (QED) is 0.794. The van der Waals surface area contributed by atoms with Crippen molar-refractivity contribution in [2.24, 2.45) is 0 Å². The Kier molecular flexibility index (Phi) is 3.92. The minimum absolute atomic E-state index is 0.144. The lowest BCUT2D eigenvalue weighted by Gasteiger charge is -2.44. The van der Waals surface area contributed by atoms with Crippen LogP contribution < -0.4 is 4.74 Å². The van der Waals surface area contributed by atoms with Crippen molar-refractivity contribution in [2.45, 2.75) is 25.2 Å². The van der Waals surface area contributed by atoms with Crippen LogP contribution in [0.3, 0.4) is 0 Å². The molecule has 0 bridgehead atoms. The molecular weight excluding hydrogens is 328 g/mol.